The molecule has 0 fully saturated rings. The lowest BCUT2D eigenvalue weighted by Crippen LogP contribution is -2.48. The quantitative estimate of drug-likeness (QED) is 0.593. The van der Waals surface area contributed by atoms with Crippen molar-refractivity contribution >= 4 is 33.4 Å². The average Bonchev–Trinajstić information content (AvgIpc) is 2.66. The number of hydrogen-bond acceptors (Lipinski definition) is 4. The first-order chi connectivity index (χ1) is 10.8. The second-order valence-corrected chi connectivity index (χ2v) is 6.42. The fourth-order valence-corrected chi connectivity index (χ4v) is 3.05. The molecule has 2 aromatic carbocycles. The molecule has 0 spiro atoms. The SMILES string of the molecule is CN1c2cc3nc4cc(F)c(F)cc4nc3cc2N(C)C1(C)C. The topological polar surface area (TPSA) is 32.3 Å². The first kappa shape index (κ1) is 14.1. The van der Waals surface area contributed by atoms with Gasteiger partial charge in [0, 0.05) is 26.2 Å². The molecule has 6 heteroatoms. The summed E-state index contributed by atoms with van der Waals surface area (Å²) in [6.07, 6.45) is 0. The number of hydrogen-bond donors (Lipinski definition) is 0. The van der Waals surface area contributed by atoms with Crippen LogP contribution >= 0.6 is 0 Å². The Balaban J connectivity index is 2.03. The van der Waals surface area contributed by atoms with Crippen molar-refractivity contribution in [1.82, 2.24) is 9.97 Å². The van der Waals surface area contributed by atoms with Gasteiger partial charge >= 0.3 is 0 Å². The zero-order valence-electron chi connectivity index (χ0n) is 13.4. The predicted octanol–water partition coefficient (Wildman–Crippen LogP) is 3.68. The van der Waals surface area contributed by atoms with Crippen LogP contribution in [0.5, 0.6) is 0 Å². The van der Waals surface area contributed by atoms with E-state index in [-0.39, 0.29) is 5.66 Å². The Kier molecular flexibility index (Phi) is 2.63. The molecule has 0 aliphatic carbocycles. The largest absolute Gasteiger partial charge is 0.350 e. The molecule has 0 saturated heterocycles. The minimum Gasteiger partial charge on any atom is -0.350 e. The molecule has 0 radical (unpaired) electrons. The zero-order chi connectivity index (χ0) is 16.5. The lowest BCUT2D eigenvalue weighted by molar-refractivity contribution is 0.505. The number of fused-ring (bicyclic) bond motifs is 3. The van der Waals surface area contributed by atoms with Gasteiger partial charge < -0.3 is 9.80 Å². The van der Waals surface area contributed by atoms with Gasteiger partial charge in [-0.3, -0.25) is 0 Å². The van der Waals surface area contributed by atoms with Crippen molar-refractivity contribution in [2.24, 2.45) is 0 Å². The molecule has 0 bridgehead atoms. The van der Waals surface area contributed by atoms with Crippen LogP contribution in [0.2, 0.25) is 0 Å². The van der Waals surface area contributed by atoms with Gasteiger partial charge in [-0.1, -0.05) is 0 Å². The monoisotopic (exact) mass is 314 g/mol. The van der Waals surface area contributed by atoms with Gasteiger partial charge in [-0.2, -0.15) is 0 Å². The van der Waals surface area contributed by atoms with Crippen molar-refractivity contribution in [2.45, 2.75) is 19.5 Å². The van der Waals surface area contributed by atoms with E-state index in [1.54, 1.807) is 0 Å². The third-order valence-electron chi connectivity index (χ3n) is 4.94. The Morgan fingerprint density at radius 2 is 1.09 bits per heavy atom. The molecule has 0 saturated carbocycles. The Hall–Kier alpha value is -2.50. The minimum absolute atomic E-state index is 0.169. The molecule has 4 nitrogen and oxygen atoms in total. The smallest absolute Gasteiger partial charge is 0.161 e. The summed E-state index contributed by atoms with van der Waals surface area (Å²) in [5, 5.41) is 0. The van der Waals surface area contributed by atoms with Gasteiger partial charge in [0.05, 0.1) is 33.4 Å². The van der Waals surface area contributed by atoms with Crippen LogP contribution < -0.4 is 9.80 Å². The van der Waals surface area contributed by atoms with Crippen molar-refractivity contribution in [3.8, 4) is 0 Å². The van der Waals surface area contributed by atoms with E-state index >= 15 is 0 Å². The van der Waals surface area contributed by atoms with E-state index in [1.807, 2.05) is 26.2 Å². The Morgan fingerprint density at radius 3 is 1.48 bits per heavy atom. The fourth-order valence-electron chi connectivity index (χ4n) is 3.05. The van der Waals surface area contributed by atoms with Gasteiger partial charge in [-0.25, -0.2) is 18.7 Å². The third-order valence-corrected chi connectivity index (χ3v) is 4.94. The van der Waals surface area contributed by atoms with Gasteiger partial charge in [-0.15, -0.1) is 0 Å². The molecule has 1 aliphatic rings. The van der Waals surface area contributed by atoms with E-state index in [0.29, 0.717) is 22.1 Å². The van der Waals surface area contributed by atoms with Crippen molar-refractivity contribution in [3.63, 3.8) is 0 Å². The van der Waals surface area contributed by atoms with Crippen LogP contribution in [0.1, 0.15) is 13.8 Å². The van der Waals surface area contributed by atoms with Gasteiger partial charge in [0.15, 0.2) is 11.6 Å². The highest BCUT2D eigenvalue weighted by Gasteiger charge is 2.38. The first-order valence-corrected chi connectivity index (χ1v) is 7.37. The van der Waals surface area contributed by atoms with Crippen LogP contribution in [-0.4, -0.2) is 29.7 Å². The fraction of sp³-hybridized carbons (Fsp3) is 0.294. The summed E-state index contributed by atoms with van der Waals surface area (Å²) < 4.78 is 26.9. The molecule has 0 N–H and O–H groups in total. The van der Waals surface area contributed by atoms with E-state index in [9.17, 15) is 8.78 Å². The van der Waals surface area contributed by atoms with Crippen LogP contribution in [-0.2, 0) is 0 Å². The maximum atomic E-state index is 13.4. The maximum absolute atomic E-state index is 13.4. The third kappa shape index (κ3) is 1.81. The highest BCUT2D eigenvalue weighted by atomic mass is 19.2. The van der Waals surface area contributed by atoms with Crippen molar-refractivity contribution in [2.75, 3.05) is 23.9 Å². The Bertz CT molecular complexity index is 892. The minimum atomic E-state index is -0.912. The van der Waals surface area contributed by atoms with Crippen molar-refractivity contribution < 1.29 is 8.78 Å². The van der Waals surface area contributed by atoms with E-state index < -0.39 is 11.6 Å². The Labute approximate surface area is 132 Å². The van der Waals surface area contributed by atoms with Crippen LogP contribution in [0.25, 0.3) is 22.1 Å². The molecular formula is C17H16F2N4. The molecule has 0 unspecified atom stereocenters. The number of nitrogens with zero attached hydrogens (tertiary/aromatic N) is 4. The van der Waals surface area contributed by atoms with E-state index in [1.165, 1.54) is 0 Å². The summed E-state index contributed by atoms with van der Waals surface area (Å²) in [5.41, 5.74) is 3.95. The van der Waals surface area contributed by atoms with Crippen LogP contribution in [0.3, 0.4) is 0 Å². The molecule has 0 atom stereocenters. The standard InChI is InChI=1S/C17H16F2N4/c1-17(2)22(3)15-7-13-14(8-16(15)23(17)4)21-12-6-10(19)9(18)5-11(12)20-13/h5-8H,1-4H3. The molecule has 2 heterocycles. The molecule has 3 aromatic rings. The summed E-state index contributed by atoms with van der Waals surface area (Å²) in [6, 6.07) is 6.07. The van der Waals surface area contributed by atoms with E-state index in [0.717, 1.165) is 23.5 Å². The normalized spacial score (nSPS) is 16.4. The van der Waals surface area contributed by atoms with E-state index in [2.05, 4.69) is 33.6 Å². The summed E-state index contributed by atoms with van der Waals surface area (Å²) in [5.74, 6) is -1.82. The molecule has 23 heavy (non-hydrogen) atoms. The van der Waals surface area contributed by atoms with Crippen LogP contribution in [0.15, 0.2) is 24.3 Å². The number of aromatic nitrogens is 2. The van der Waals surface area contributed by atoms with Gasteiger partial charge in [0.1, 0.15) is 5.66 Å². The van der Waals surface area contributed by atoms with Gasteiger partial charge in [0.25, 0.3) is 0 Å². The predicted molar refractivity (Wildman–Crippen MR) is 87.8 cm³/mol. The van der Waals surface area contributed by atoms with Gasteiger partial charge in [-0.05, 0) is 26.0 Å². The van der Waals surface area contributed by atoms with Gasteiger partial charge in [0.2, 0.25) is 0 Å². The number of anilines is 2. The molecule has 4 rings (SSSR count). The summed E-state index contributed by atoms with van der Waals surface area (Å²) in [4.78, 5) is 13.2. The second-order valence-electron chi connectivity index (χ2n) is 6.42. The van der Waals surface area contributed by atoms with Crippen molar-refractivity contribution in [3.05, 3.63) is 35.9 Å². The number of halogens is 2. The average molecular weight is 314 g/mol. The van der Waals surface area contributed by atoms with Crippen LogP contribution in [0.4, 0.5) is 20.2 Å². The molecule has 0 amide bonds. The van der Waals surface area contributed by atoms with Crippen LogP contribution in [0, 0.1) is 11.6 Å². The highest BCUT2D eigenvalue weighted by Crippen LogP contribution is 2.44. The maximum Gasteiger partial charge on any atom is 0.161 e. The van der Waals surface area contributed by atoms with E-state index in [4.69, 9.17) is 0 Å². The second kappa shape index (κ2) is 4.28. The van der Waals surface area contributed by atoms with Crippen molar-refractivity contribution in [1.29, 1.82) is 0 Å². The summed E-state index contributed by atoms with van der Waals surface area (Å²) in [7, 11) is 4.05. The lowest BCUT2D eigenvalue weighted by Gasteiger charge is -2.36. The number of rotatable bonds is 0. The highest BCUT2D eigenvalue weighted by molar-refractivity contribution is 5.94. The lowest BCUT2D eigenvalue weighted by atomic mass is 10.2. The zero-order valence-corrected chi connectivity index (χ0v) is 13.4. The molecular weight excluding hydrogens is 298 g/mol. The Morgan fingerprint density at radius 1 is 0.739 bits per heavy atom. The molecule has 118 valence electrons. The summed E-state index contributed by atoms with van der Waals surface area (Å²) in [6.45, 7) is 4.25. The first-order valence-electron chi connectivity index (χ1n) is 7.37. The number of benzene rings is 2. The summed E-state index contributed by atoms with van der Waals surface area (Å²) >= 11 is 0. The molecule has 1 aliphatic heterocycles. The molecule has 1 aromatic heterocycles.